The standard InChI is InChI=1S/C25H31IN4O4/c1-3-34-23(32)20-14-21-22(31)30(19-12-8-9-17(13-19)15-26)25(2,16-29(21)28-20)24(33)27-18-10-6-4-5-7-11-18/h8-9,12-14,18H,3-7,10-11,15-16H2,1-2H3,(H,27,33). The molecule has 34 heavy (non-hydrogen) atoms. The SMILES string of the molecule is CCOC(=O)c1cc2n(n1)CC(C)(C(=O)NC1CCCCCC1)N(c1cccc(CI)c1)C2=O. The maximum absolute atomic E-state index is 13.8. The number of alkyl halides is 1. The fourth-order valence-electron chi connectivity index (χ4n) is 4.83. The Bertz CT molecular complexity index is 1080. The minimum absolute atomic E-state index is 0.0691. The van der Waals surface area contributed by atoms with Gasteiger partial charge < -0.3 is 10.1 Å². The van der Waals surface area contributed by atoms with Crippen molar-refractivity contribution in [3.63, 3.8) is 0 Å². The first-order valence-electron chi connectivity index (χ1n) is 11.9. The van der Waals surface area contributed by atoms with Gasteiger partial charge in [0.2, 0.25) is 5.91 Å². The van der Waals surface area contributed by atoms with Gasteiger partial charge in [-0.15, -0.1) is 0 Å². The number of nitrogens with one attached hydrogen (secondary N) is 1. The van der Waals surface area contributed by atoms with E-state index in [0.29, 0.717) is 5.69 Å². The summed E-state index contributed by atoms with van der Waals surface area (Å²) in [6.07, 6.45) is 6.44. The number of anilines is 1. The average molecular weight is 578 g/mol. The van der Waals surface area contributed by atoms with Gasteiger partial charge in [-0.2, -0.15) is 5.10 Å². The molecule has 1 unspecified atom stereocenters. The third-order valence-electron chi connectivity index (χ3n) is 6.64. The Morgan fingerprint density at radius 1 is 1.21 bits per heavy atom. The van der Waals surface area contributed by atoms with Crippen LogP contribution in [0.3, 0.4) is 0 Å². The molecule has 0 bridgehead atoms. The first-order chi connectivity index (χ1) is 16.4. The molecular weight excluding hydrogens is 547 g/mol. The number of esters is 1. The second-order valence-corrected chi connectivity index (χ2v) is 9.94. The van der Waals surface area contributed by atoms with E-state index in [-0.39, 0.29) is 42.4 Å². The zero-order valence-corrected chi connectivity index (χ0v) is 21.8. The maximum Gasteiger partial charge on any atom is 0.358 e. The zero-order valence-electron chi connectivity index (χ0n) is 19.7. The van der Waals surface area contributed by atoms with E-state index in [4.69, 9.17) is 4.74 Å². The highest BCUT2D eigenvalue weighted by atomic mass is 127. The predicted molar refractivity (Wildman–Crippen MR) is 137 cm³/mol. The van der Waals surface area contributed by atoms with Gasteiger partial charge in [-0.05, 0) is 44.4 Å². The molecule has 0 spiro atoms. The lowest BCUT2D eigenvalue weighted by molar-refractivity contribution is -0.127. The van der Waals surface area contributed by atoms with E-state index in [1.807, 2.05) is 24.3 Å². The predicted octanol–water partition coefficient (Wildman–Crippen LogP) is 4.25. The molecule has 182 valence electrons. The molecular formula is C25H31IN4O4. The first-order valence-corrected chi connectivity index (χ1v) is 13.5. The molecule has 2 amide bonds. The Kier molecular flexibility index (Phi) is 7.59. The molecule has 8 nitrogen and oxygen atoms in total. The van der Waals surface area contributed by atoms with Crippen LogP contribution in [-0.4, -0.2) is 45.8 Å². The van der Waals surface area contributed by atoms with Gasteiger partial charge in [0.25, 0.3) is 5.91 Å². The molecule has 1 aliphatic carbocycles. The largest absolute Gasteiger partial charge is 0.461 e. The summed E-state index contributed by atoms with van der Waals surface area (Å²) in [4.78, 5) is 41.5. The van der Waals surface area contributed by atoms with Crippen molar-refractivity contribution >= 4 is 46.1 Å². The van der Waals surface area contributed by atoms with E-state index >= 15 is 0 Å². The molecule has 1 aromatic heterocycles. The van der Waals surface area contributed by atoms with Crippen molar-refractivity contribution in [1.29, 1.82) is 0 Å². The van der Waals surface area contributed by atoms with E-state index in [1.54, 1.807) is 18.7 Å². The zero-order chi connectivity index (χ0) is 24.3. The van der Waals surface area contributed by atoms with Crippen LogP contribution in [0.4, 0.5) is 5.69 Å². The minimum atomic E-state index is -1.21. The number of benzene rings is 1. The van der Waals surface area contributed by atoms with Crippen molar-refractivity contribution in [3.8, 4) is 0 Å². The Balaban J connectivity index is 1.74. The summed E-state index contributed by atoms with van der Waals surface area (Å²) in [6, 6.07) is 9.24. The van der Waals surface area contributed by atoms with Crippen LogP contribution in [0.2, 0.25) is 0 Å². The van der Waals surface area contributed by atoms with Crippen molar-refractivity contribution < 1.29 is 19.1 Å². The van der Waals surface area contributed by atoms with E-state index in [9.17, 15) is 14.4 Å². The molecule has 2 aromatic rings. The number of rotatable bonds is 6. The highest BCUT2D eigenvalue weighted by molar-refractivity contribution is 14.1. The number of carbonyl (C=O) groups excluding carboxylic acids is 3. The third kappa shape index (κ3) is 4.85. The maximum atomic E-state index is 13.8. The van der Waals surface area contributed by atoms with Crippen molar-refractivity contribution in [1.82, 2.24) is 15.1 Å². The third-order valence-corrected chi connectivity index (χ3v) is 7.52. The number of hydrogen-bond acceptors (Lipinski definition) is 5. The quantitative estimate of drug-likeness (QED) is 0.240. The highest BCUT2D eigenvalue weighted by Crippen LogP contribution is 2.34. The van der Waals surface area contributed by atoms with Gasteiger partial charge in [-0.3, -0.25) is 19.2 Å². The monoisotopic (exact) mass is 578 g/mol. The van der Waals surface area contributed by atoms with Gasteiger partial charge in [0.15, 0.2) is 5.69 Å². The summed E-state index contributed by atoms with van der Waals surface area (Å²) in [6.45, 7) is 3.85. The molecule has 1 fully saturated rings. The molecule has 0 radical (unpaired) electrons. The number of halogens is 1. The van der Waals surface area contributed by atoms with Crippen LogP contribution in [0.5, 0.6) is 0 Å². The van der Waals surface area contributed by atoms with Gasteiger partial charge in [0.05, 0.1) is 13.2 Å². The van der Waals surface area contributed by atoms with Gasteiger partial charge in [0.1, 0.15) is 11.2 Å². The van der Waals surface area contributed by atoms with E-state index in [0.717, 1.165) is 35.7 Å². The second-order valence-electron chi connectivity index (χ2n) is 9.17. The molecule has 1 N–H and O–H groups in total. The molecule has 4 rings (SSSR count). The number of fused-ring (bicyclic) bond motifs is 1. The Hall–Kier alpha value is -2.43. The number of nitrogens with zero attached hydrogens (tertiary/aromatic N) is 3. The summed E-state index contributed by atoms with van der Waals surface area (Å²) < 4.78 is 7.33. The summed E-state index contributed by atoms with van der Waals surface area (Å²) >= 11 is 2.28. The van der Waals surface area contributed by atoms with Crippen LogP contribution in [0.15, 0.2) is 30.3 Å². The van der Waals surface area contributed by atoms with Gasteiger partial charge in [-0.1, -0.05) is 60.4 Å². The van der Waals surface area contributed by atoms with Crippen LogP contribution in [0.1, 0.15) is 78.9 Å². The summed E-state index contributed by atoms with van der Waals surface area (Å²) in [5, 5.41) is 7.57. The molecule has 1 saturated carbocycles. The lowest BCUT2D eigenvalue weighted by atomic mass is 9.93. The van der Waals surface area contributed by atoms with E-state index in [2.05, 4.69) is 33.0 Å². The molecule has 0 saturated heterocycles. The van der Waals surface area contributed by atoms with E-state index < -0.39 is 11.5 Å². The molecule has 1 aromatic carbocycles. The molecule has 1 aliphatic heterocycles. The molecule has 1 atom stereocenters. The Morgan fingerprint density at radius 2 is 1.94 bits per heavy atom. The molecule has 9 heteroatoms. The normalized spacial score (nSPS) is 21.0. The minimum Gasteiger partial charge on any atom is -0.461 e. The average Bonchev–Trinajstić information content (AvgIpc) is 3.08. The number of hydrogen-bond donors (Lipinski definition) is 1. The number of amides is 2. The smallest absolute Gasteiger partial charge is 0.358 e. The fraction of sp³-hybridized carbons (Fsp3) is 0.520. The van der Waals surface area contributed by atoms with Crippen molar-refractivity contribution in [3.05, 3.63) is 47.3 Å². The Morgan fingerprint density at radius 3 is 2.62 bits per heavy atom. The Labute approximate surface area is 213 Å². The van der Waals surface area contributed by atoms with Crippen LogP contribution in [0.25, 0.3) is 0 Å². The topological polar surface area (TPSA) is 93.5 Å². The van der Waals surface area contributed by atoms with Crippen LogP contribution >= 0.6 is 22.6 Å². The van der Waals surface area contributed by atoms with E-state index in [1.165, 1.54) is 23.6 Å². The molecule has 2 aliphatic rings. The van der Waals surface area contributed by atoms with Crippen molar-refractivity contribution in [2.24, 2.45) is 0 Å². The highest BCUT2D eigenvalue weighted by Gasteiger charge is 2.49. The number of carbonyl (C=O) groups is 3. The van der Waals surface area contributed by atoms with Gasteiger partial charge in [0, 0.05) is 22.2 Å². The van der Waals surface area contributed by atoms with Crippen LogP contribution in [-0.2, 0) is 20.5 Å². The van der Waals surface area contributed by atoms with Crippen LogP contribution < -0.4 is 10.2 Å². The van der Waals surface area contributed by atoms with Crippen molar-refractivity contribution in [2.75, 3.05) is 11.5 Å². The fourth-order valence-corrected chi connectivity index (χ4v) is 5.31. The number of ether oxygens (including phenoxy) is 1. The van der Waals surface area contributed by atoms with Crippen molar-refractivity contribution in [2.45, 2.75) is 74.9 Å². The second kappa shape index (κ2) is 10.5. The van der Waals surface area contributed by atoms with Gasteiger partial charge >= 0.3 is 5.97 Å². The summed E-state index contributed by atoms with van der Waals surface area (Å²) in [5.74, 6) is -1.15. The summed E-state index contributed by atoms with van der Waals surface area (Å²) in [7, 11) is 0. The van der Waals surface area contributed by atoms with Gasteiger partial charge in [-0.25, -0.2) is 4.79 Å². The number of aromatic nitrogens is 2. The first kappa shape index (κ1) is 24.7. The summed E-state index contributed by atoms with van der Waals surface area (Å²) in [5.41, 5.74) is 0.840. The lowest BCUT2D eigenvalue weighted by Crippen LogP contribution is -2.65. The van der Waals surface area contributed by atoms with Crippen LogP contribution in [0, 0.1) is 0 Å². The molecule has 2 heterocycles. The lowest BCUT2D eigenvalue weighted by Gasteiger charge is -2.43.